The molecule has 0 unspecified atom stereocenters. The van der Waals surface area contributed by atoms with Crippen LogP contribution in [-0.4, -0.2) is 0 Å². The second kappa shape index (κ2) is 4.73. The van der Waals surface area contributed by atoms with Crippen LogP contribution in [0.1, 0.15) is 35.1 Å². The molecule has 0 radical (unpaired) electrons. The Kier molecular flexibility index (Phi) is 2.85. The highest BCUT2D eigenvalue weighted by molar-refractivity contribution is 5.87. The fourth-order valence-electron chi connectivity index (χ4n) is 3.84. The van der Waals surface area contributed by atoms with Gasteiger partial charge in [0, 0.05) is 0 Å². The van der Waals surface area contributed by atoms with Gasteiger partial charge in [-0.2, -0.15) is 0 Å². The van der Waals surface area contributed by atoms with Crippen LogP contribution in [0.2, 0.25) is 0 Å². The van der Waals surface area contributed by atoms with Gasteiger partial charge in [-0.1, -0.05) is 48.6 Å². The summed E-state index contributed by atoms with van der Waals surface area (Å²) in [6.07, 6.45) is 8.16. The molecule has 21 heavy (non-hydrogen) atoms. The molecule has 104 valence electrons. The summed E-state index contributed by atoms with van der Waals surface area (Å²) in [5.41, 5.74) is 11.8. The molecule has 2 aromatic carbocycles. The molecule has 2 aromatic rings. The molecule has 0 aliphatic heterocycles. The topological polar surface area (TPSA) is 0 Å². The van der Waals surface area contributed by atoms with Crippen LogP contribution in [0.4, 0.5) is 0 Å². The first-order valence-corrected chi connectivity index (χ1v) is 7.83. The molecule has 0 aromatic heterocycles. The number of allylic oxidation sites excluding steroid dienone is 4. The number of fused-ring (bicyclic) bond motifs is 2. The predicted molar refractivity (Wildman–Crippen MR) is 90.4 cm³/mol. The van der Waals surface area contributed by atoms with Crippen molar-refractivity contribution in [3.8, 4) is 11.1 Å². The Morgan fingerprint density at radius 1 is 0.857 bits per heavy atom. The fourth-order valence-corrected chi connectivity index (χ4v) is 3.84. The summed E-state index contributed by atoms with van der Waals surface area (Å²) in [6.45, 7) is 4.46. The Balaban J connectivity index is 1.95. The highest BCUT2D eigenvalue weighted by Crippen LogP contribution is 2.44. The average molecular weight is 272 g/mol. The van der Waals surface area contributed by atoms with Crippen LogP contribution in [-0.2, 0) is 6.42 Å². The summed E-state index contributed by atoms with van der Waals surface area (Å²) < 4.78 is 0. The van der Waals surface area contributed by atoms with Crippen molar-refractivity contribution in [3.63, 3.8) is 0 Å². The SMILES string of the molecule is Cc1ccccc1-c1c(C)ccc2c1CC1=C2CCC=C1. The first-order valence-electron chi connectivity index (χ1n) is 7.83. The molecule has 0 N–H and O–H groups in total. The lowest BCUT2D eigenvalue weighted by atomic mass is 9.88. The zero-order chi connectivity index (χ0) is 14.4. The molecule has 0 atom stereocenters. The van der Waals surface area contributed by atoms with Gasteiger partial charge in [0.25, 0.3) is 0 Å². The number of aryl methyl sites for hydroxylation is 2. The molecule has 0 heteroatoms. The third-order valence-corrected chi connectivity index (χ3v) is 4.90. The van der Waals surface area contributed by atoms with E-state index in [9.17, 15) is 0 Å². The first-order chi connectivity index (χ1) is 10.3. The second-order valence-corrected chi connectivity index (χ2v) is 6.22. The Morgan fingerprint density at radius 2 is 1.71 bits per heavy atom. The lowest BCUT2D eigenvalue weighted by Gasteiger charge is -2.16. The van der Waals surface area contributed by atoms with Gasteiger partial charge in [0.1, 0.15) is 0 Å². The molecule has 4 rings (SSSR count). The minimum atomic E-state index is 1.10. The average Bonchev–Trinajstić information content (AvgIpc) is 2.87. The van der Waals surface area contributed by atoms with E-state index in [1.54, 1.807) is 11.1 Å². The van der Waals surface area contributed by atoms with E-state index >= 15 is 0 Å². The minimum Gasteiger partial charge on any atom is -0.0839 e. The molecule has 0 spiro atoms. The highest BCUT2D eigenvalue weighted by Gasteiger charge is 2.25. The Labute approximate surface area is 126 Å². The lowest BCUT2D eigenvalue weighted by Crippen LogP contribution is -1.95. The Hall–Kier alpha value is -2.08. The number of hydrogen-bond donors (Lipinski definition) is 0. The Morgan fingerprint density at radius 3 is 2.57 bits per heavy atom. The number of hydrogen-bond acceptors (Lipinski definition) is 0. The summed E-state index contributed by atoms with van der Waals surface area (Å²) in [7, 11) is 0. The minimum absolute atomic E-state index is 1.10. The highest BCUT2D eigenvalue weighted by atomic mass is 14.3. The van der Waals surface area contributed by atoms with E-state index in [1.807, 2.05) is 0 Å². The number of benzene rings is 2. The maximum Gasteiger partial charge on any atom is -0.00106 e. The predicted octanol–water partition coefficient (Wildman–Crippen LogP) is 5.63. The standard InChI is InChI=1S/C21H20/c1-14-7-3-5-9-17(14)21-15(2)11-12-19-18-10-6-4-8-16(18)13-20(19)21/h3-5,7-9,11-12H,6,10,13H2,1-2H3. The Bertz CT molecular complexity index is 788. The van der Waals surface area contributed by atoms with Crippen LogP contribution >= 0.6 is 0 Å². The first kappa shape index (κ1) is 12.6. The summed E-state index contributed by atoms with van der Waals surface area (Å²) in [4.78, 5) is 0. The smallest absolute Gasteiger partial charge is 0.00106 e. The van der Waals surface area contributed by atoms with Gasteiger partial charge in [-0.15, -0.1) is 0 Å². The van der Waals surface area contributed by atoms with E-state index in [0.29, 0.717) is 0 Å². The normalized spacial score (nSPS) is 16.1. The van der Waals surface area contributed by atoms with Crippen LogP contribution < -0.4 is 0 Å². The monoisotopic (exact) mass is 272 g/mol. The van der Waals surface area contributed by atoms with E-state index in [1.165, 1.54) is 46.2 Å². The second-order valence-electron chi connectivity index (χ2n) is 6.22. The third-order valence-electron chi connectivity index (χ3n) is 4.90. The fraction of sp³-hybridized carbons (Fsp3) is 0.238. The van der Waals surface area contributed by atoms with E-state index in [-0.39, 0.29) is 0 Å². The molecule has 0 saturated heterocycles. The van der Waals surface area contributed by atoms with E-state index < -0.39 is 0 Å². The molecule has 0 nitrogen and oxygen atoms in total. The van der Waals surface area contributed by atoms with Gasteiger partial charge in [-0.3, -0.25) is 0 Å². The summed E-state index contributed by atoms with van der Waals surface area (Å²) in [6, 6.07) is 13.4. The molecule has 0 heterocycles. The van der Waals surface area contributed by atoms with Crippen molar-refractivity contribution < 1.29 is 0 Å². The molecule has 2 aliphatic rings. The zero-order valence-corrected chi connectivity index (χ0v) is 12.7. The molecule has 0 amide bonds. The molecule has 2 aliphatic carbocycles. The van der Waals surface area contributed by atoms with E-state index in [2.05, 4.69) is 62.4 Å². The van der Waals surface area contributed by atoms with Gasteiger partial charge in [0.05, 0.1) is 0 Å². The molecular weight excluding hydrogens is 252 g/mol. The maximum absolute atomic E-state index is 2.34. The van der Waals surface area contributed by atoms with Crippen LogP contribution in [0.3, 0.4) is 0 Å². The third kappa shape index (κ3) is 1.90. The van der Waals surface area contributed by atoms with Crippen LogP contribution in [0.15, 0.2) is 54.1 Å². The van der Waals surface area contributed by atoms with Crippen LogP contribution in [0.5, 0.6) is 0 Å². The van der Waals surface area contributed by atoms with E-state index in [0.717, 1.165) is 6.42 Å². The van der Waals surface area contributed by atoms with Crippen molar-refractivity contribution in [2.45, 2.75) is 33.1 Å². The van der Waals surface area contributed by atoms with Crippen molar-refractivity contribution in [2.24, 2.45) is 0 Å². The van der Waals surface area contributed by atoms with Crippen molar-refractivity contribution in [2.75, 3.05) is 0 Å². The molecule has 0 bridgehead atoms. The van der Waals surface area contributed by atoms with E-state index in [4.69, 9.17) is 0 Å². The van der Waals surface area contributed by atoms with Gasteiger partial charge in [-0.25, -0.2) is 0 Å². The summed E-state index contributed by atoms with van der Waals surface area (Å²) in [5.74, 6) is 0. The lowest BCUT2D eigenvalue weighted by molar-refractivity contribution is 1.04. The molecule has 0 saturated carbocycles. The quantitative estimate of drug-likeness (QED) is 0.631. The maximum atomic E-state index is 2.34. The van der Waals surface area contributed by atoms with Crippen molar-refractivity contribution in [1.29, 1.82) is 0 Å². The van der Waals surface area contributed by atoms with Crippen molar-refractivity contribution in [3.05, 3.63) is 76.4 Å². The summed E-state index contributed by atoms with van der Waals surface area (Å²) >= 11 is 0. The van der Waals surface area contributed by atoms with Crippen LogP contribution in [0.25, 0.3) is 16.7 Å². The summed E-state index contributed by atoms with van der Waals surface area (Å²) in [5, 5.41) is 0. The van der Waals surface area contributed by atoms with Gasteiger partial charge >= 0.3 is 0 Å². The van der Waals surface area contributed by atoms with Crippen LogP contribution in [0, 0.1) is 13.8 Å². The number of rotatable bonds is 1. The molecule has 0 fully saturated rings. The zero-order valence-electron chi connectivity index (χ0n) is 12.7. The van der Waals surface area contributed by atoms with Crippen molar-refractivity contribution >= 4 is 5.57 Å². The van der Waals surface area contributed by atoms with Gasteiger partial charge in [0.15, 0.2) is 0 Å². The van der Waals surface area contributed by atoms with Gasteiger partial charge in [0.2, 0.25) is 0 Å². The van der Waals surface area contributed by atoms with Gasteiger partial charge in [-0.05, 0) is 77.6 Å². The van der Waals surface area contributed by atoms with Gasteiger partial charge < -0.3 is 0 Å². The molecular formula is C21H20. The largest absolute Gasteiger partial charge is 0.0839 e. The van der Waals surface area contributed by atoms with Crippen molar-refractivity contribution in [1.82, 2.24) is 0 Å².